The minimum absolute atomic E-state index is 0.0145. The summed E-state index contributed by atoms with van der Waals surface area (Å²) >= 11 is 7.50. The number of anilines is 4. The molecule has 0 spiro atoms. The number of benzene rings is 7. The van der Waals surface area contributed by atoms with Crippen molar-refractivity contribution in [3.63, 3.8) is 0 Å². The zero-order valence-electron chi connectivity index (χ0n) is 72.3. The molecular weight excluding hydrogens is 2080 g/mol. The Labute approximate surface area is 799 Å². The van der Waals surface area contributed by atoms with Crippen molar-refractivity contribution in [3.8, 4) is 45.0 Å². The van der Waals surface area contributed by atoms with Crippen molar-refractivity contribution < 1.29 is 76.4 Å². The summed E-state index contributed by atoms with van der Waals surface area (Å²) in [6.07, 6.45) is 5.66. The van der Waals surface area contributed by atoms with Crippen LogP contribution in [0.4, 0.5) is 62.8 Å². The van der Waals surface area contributed by atoms with E-state index in [-0.39, 0.29) is 111 Å². The Morgan fingerprint density at radius 1 is 0.412 bits per heavy atom. The van der Waals surface area contributed by atoms with E-state index >= 15 is 0 Å². The Hall–Kier alpha value is -13.4. The largest absolute Gasteiger partial charge is 0.488 e. The van der Waals surface area contributed by atoms with E-state index in [9.17, 15) is 53.9 Å². The zero-order chi connectivity index (χ0) is 95.2. The summed E-state index contributed by atoms with van der Waals surface area (Å²) in [6, 6.07) is 29.8. The SMILES string of the molecule is CC(C)Oc1ccc(C2=NCc3ncnc(N4CCOCC4)c32)cc1F.CC(c1oc2cccc(F)c2c(=O)c1-c1ccc(F)cc1)n1nc(I)c2c(N3CCOCC3)ncnc21.CC(c1oc2cccc(F)c2c(=O)c1-c1cccc(F)c1)n1nc(I)c2c(N3CCOCC3)ncnc21.CC(c1oc2cccc(F)c2c(=O)c1Br)n1nc(-c2ccc(OC(F)F)c(F)c2)c2c(N)ncnc21. The lowest BCUT2D eigenvalue weighted by Gasteiger charge is -2.29. The molecule has 3 atom stereocenters. The highest BCUT2D eigenvalue weighted by Gasteiger charge is 2.35. The molecule has 3 fully saturated rings. The summed E-state index contributed by atoms with van der Waals surface area (Å²) in [5.74, 6) is -1.90. The van der Waals surface area contributed by atoms with Gasteiger partial charge in [0, 0.05) is 50.4 Å². The van der Waals surface area contributed by atoms with E-state index in [1.807, 2.05) is 33.8 Å². The Morgan fingerprint density at radius 2 is 0.838 bits per heavy atom. The summed E-state index contributed by atoms with van der Waals surface area (Å²) in [6.45, 7) is 14.4. The van der Waals surface area contributed by atoms with E-state index in [0.29, 0.717) is 102 Å². The second-order valence-corrected chi connectivity index (χ2v) is 34.5. The molecule has 7 aromatic carbocycles. The van der Waals surface area contributed by atoms with Crippen LogP contribution in [0.3, 0.4) is 0 Å². The Morgan fingerprint density at radius 3 is 1.35 bits per heavy atom. The van der Waals surface area contributed by atoms with E-state index in [4.69, 9.17) is 48.1 Å². The lowest BCUT2D eigenvalue weighted by molar-refractivity contribution is -0.0521. The van der Waals surface area contributed by atoms with Gasteiger partial charge in [-0.15, -0.1) is 0 Å². The number of ether oxygens (including phenoxy) is 5. The molecule has 4 aliphatic heterocycles. The quantitative estimate of drug-likeness (QED) is 0.0653. The first-order valence-corrected chi connectivity index (χ1v) is 45.4. The molecule has 0 radical (unpaired) electrons. The highest BCUT2D eigenvalue weighted by molar-refractivity contribution is 14.1. The van der Waals surface area contributed by atoms with Gasteiger partial charge in [0.2, 0.25) is 16.3 Å². The first-order chi connectivity index (χ1) is 65.7. The summed E-state index contributed by atoms with van der Waals surface area (Å²) in [7, 11) is 0. The van der Waals surface area contributed by atoms with Crippen molar-refractivity contribution in [3.05, 3.63) is 282 Å². The molecule has 3 unspecified atom stereocenters. The maximum absolute atomic E-state index is 14.7. The highest BCUT2D eigenvalue weighted by atomic mass is 127. The van der Waals surface area contributed by atoms with E-state index < -0.39 is 87.5 Å². The molecule has 42 heteroatoms. The topological polar surface area (TPSA) is 341 Å². The molecule has 0 bridgehead atoms. The predicted molar refractivity (Wildman–Crippen MR) is 508 cm³/mol. The van der Waals surface area contributed by atoms with E-state index in [1.54, 1.807) is 40.8 Å². The number of nitrogens with two attached hydrogens (primary N) is 1. The van der Waals surface area contributed by atoms with Gasteiger partial charge in [0.05, 0.1) is 96.5 Å². The number of fused-ring (bicyclic) bond motifs is 7. The van der Waals surface area contributed by atoms with E-state index in [2.05, 4.69) is 131 Å². The molecule has 696 valence electrons. The predicted octanol–water partition coefficient (Wildman–Crippen LogP) is 17.9. The van der Waals surface area contributed by atoms with Crippen LogP contribution in [0, 0.1) is 48.1 Å². The first-order valence-electron chi connectivity index (χ1n) is 42.4. The number of nitrogen functional groups attached to an aromatic ring is 1. The molecule has 10 aromatic heterocycles. The number of hydrogen-bond donors (Lipinski definition) is 1. The summed E-state index contributed by atoms with van der Waals surface area (Å²) in [5.41, 5.74) is 10.4. The minimum Gasteiger partial charge on any atom is -0.488 e. The zero-order valence-corrected chi connectivity index (χ0v) is 78.2. The Bertz CT molecular complexity index is 7730. The number of morpholine rings is 3. The van der Waals surface area contributed by atoms with Gasteiger partial charge >= 0.3 is 6.61 Å². The van der Waals surface area contributed by atoms with Gasteiger partial charge in [-0.1, -0.05) is 42.5 Å². The van der Waals surface area contributed by atoms with Crippen molar-refractivity contribution >= 4 is 156 Å². The molecule has 2 N–H and O–H groups in total. The fourth-order valence-corrected chi connectivity index (χ4v) is 18.6. The van der Waals surface area contributed by atoms with Crippen LogP contribution < -0.4 is 46.2 Å². The molecule has 3 saturated heterocycles. The monoisotopic (exact) mass is 2150 g/mol. The second-order valence-electron chi connectivity index (χ2n) is 31.7. The molecule has 14 heterocycles. The van der Waals surface area contributed by atoms with E-state index in [1.165, 1.54) is 121 Å². The third kappa shape index (κ3) is 18.2. The molecule has 17 aromatic rings. The van der Waals surface area contributed by atoms with Crippen LogP contribution in [-0.2, 0) is 20.8 Å². The molecule has 21 rings (SSSR count). The van der Waals surface area contributed by atoms with Crippen LogP contribution >= 0.6 is 61.1 Å². The van der Waals surface area contributed by atoms with Gasteiger partial charge in [0.15, 0.2) is 40.1 Å². The van der Waals surface area contributed by atoms with E-state index in [0.717, 1.165) is 76.5 Å². The van der Waals surface area contributed by atoms with Crippen LogP contribution in [0.1, 0.15) is 86.8 Å². The van der Waals surface area contributed by atoms with Crippen LogP contribution in [0.25, 0.3) is 99.5 Å². The summed E-state index contributed by atoms with van der Waals surface area (Å²) in [4.78, 5) is 86.4. The van der Waals surface area contributed by atoms with Crippen molar-refractivity contribution in [2.24, 2.45) is 4.99 Å². The molecule has 0 aliphatic carbocycles. The molecule has 136 heavy (non-hydrogen) atoms. The van der Waals surface area contributed by atoms with Gasteiger partial charge in [-0.3, -0.25) is 19.4 Å². The number of halogens is 12. The lowest BCUT2D eigenvalue weighted by Crippen LogP contribution is -2.37. The molecule has 4 aliphatic rings. The average molecular weight is 2150 g/mol. The van der Waals surface area contributed by atoms with Gasteiger partial charge < -0.3 is 57.4 Å². The number of hydrogen-bond acceptors (Lipinski definition) is 27. The number of aliphatic imine (C=N–C) groups is 1. The van der Waals surface area contributed by atoms with Crippen molar-refractivity contribution in [2.45, 2.75) is 72.0 Å². The first kappa shape index (κ1) is 93.0. The molecule has 0 saturated carbocycles. The van der Waals surface area contributed by atoms with Crippen LogP contribution in [0.2, 0.25) is 0 Å². The normalized spacial score (nSPS) is 14.6. The molecule has 30 nitrogen and oxygen atoms in total. The van der Waals surface area contributed by atoms with Crippen molar-refractivity contribution in [1.82, 2.24) is 69.2 Å². The number of aromatic nitrogens is 14. The lowest BCUT2D eigenvalue weighted by atomic mass is 9.99. The Balaban J connectivity index is 0.000000122. The smallest absolute Gasteiger partial charge is 0.387 e. The third-order valence-electron chi connectivity index (χ3n) is 22.9. The molecule has 0 amide bonds. The standard InChI is InChI=1S/2C26H20F2IN5O3.C23H14BrF4N5O3.C19H21FN4O2/c1-14(34-26-21(24(29)32-34)25(30-13-31-26)33-8-10-36-11-9-33)23-19(15-4-2-5-16(27)12-15)22(35)20-17(28)6-3-7-18(20)37-23;1-14(34-26-21(24(29)32-34)25(30-13-31-26)33-9-11-36-12-10-33)23-19(15-5-7-16(27)8-6-15)22(35)20-17(28)3-2-4-18(20)37-23;1-9(20-17(24)19(34)15-11(25)3-2-4-14(15)35-20)33-22-16(21(29)30-8-31-22)18(32-33)10-5-6-13(12(26)7-10)36-23(27)28;1-12(2)26-16-4-3-13(9-14(16)20)18-17-15(10-21-18)22-11-23-19(17)24-5-7-25-8-6-24/h2-7,12-14H,8-11H2,1H3;2-8,13-14H,9-12H2,1H3;2-9,23H,1H3,(H2,29,30,31);3-4,9,11-12H,5-8,10H2,1-2H3. The van der Waals surface area contributed by atoms with Gasteiger partial charge in [-0.2, -0.15) is 24.1 Å². The Kier molecular flexibility index (Phi) is 27.0. The van der Waals surface area contributed by atoms with Crippen LogP contribution in [0.5, 0.6) is 11.5 Å². The van der Waals surface area contributed by atoms with Gasteiger partial charge in [0.25, 0.3) is 0 Å². The van der Waals surface area contributed by atoms with Gasteiger partial charge in [0.1, 0.15) is 164 Å². The maximum atomic E-state index is 14.7. The summed E-state index contributed by atoms with van der Waals surface area (Å²) < 4.78 is 176. The number of rotatable bonds is 17. The number of nitrogens with zero attached hydrogens (tertiary/aromatic N) is 18. The minimum atomic E-state index is -3.20. The fourth-order valence-electron chi connectivity index (χ4n) is 16.6. The summed E-state index contributed by atoms with van der Waals surface area (Å²) in [5, 5.41) is 15.3. The van der Waals surface area contributed by atoms with Crippen molar-refractivity contribution in [2.75, 3.05) is 99.3 Å². The number of alkyl halides is 2. The molecular formula is C94H75BrF9I2N19O11. The maximum Gasteiger partial charge on any atom is 0.387 e. The van der Waals surface area contributed by atoms with Crippen LogP contribution in [0.15, 0.2) is 202 Å². The van der Waals surface area contributed by atoms with Gasteiger partial charge in [-0.25, -0.2) is 84.7 Å². The fraction of sp³-hybridized carbons (Fsp3) is 0.245. The van der Waals surface area contributed by atoms with Crippen LogP contribution in [-0.4, -0.2) is 167 Å². The third-order valence-corrected chi connectivity index (χ3v) is 25.2. The van der Waals surface area contributed by atoms with Gasteiger partial charge in [-0.05, 0) is 204 Å². The highest BCUT2D eigenvalue weighted by Crippen LogP contribution is 2.42. The average Bonchev–Trinajstić information content (AvgIpc) is 1.43. The van der Waals surface area contributed by atoms with Crippen molar-refractivity contribution in [1.29, 1.82) is 0 Å². The second kappa shape index (κ2) is 39.5.